The summed E-state index contributed by atoms with van der Waals surface area (Å²) in [5.41, 5.74) is 7.03. The SMILES string of the molecule is Nc1ccc(Br)cc1C(=O)NC1C2C3CCC(C3)C12. The molecule has 1 aromatic carbocycles. The van der Waals surface area contributed by atoms with Crippen molar-refractivity contribution >= 4 is 27.5 Å². The highest BCUT2D eigenvalue weighted by Crippen LogP contribution is 2.65. The van der Waals surface area contributed by atoms with E-state index >= 15 is 0 Å². The minimum Gasteiger partial charge on any atom is -0.398 e. The molecular formula is C15H17BrN2O. The number of nitrogens with two attached hydrogens (primary N) is 1. The van der Waals surface area contributed by atoms with Crippen molar-refractivity contribution in [1.29, 1.82) is 0 Å². The summed E-state index contributed by atoms with van der Waals surface area (Å²) in [6.45, 7) is 0. The highest BCUT2D eigenvalue weighted by atomic mass is 79.9. The van der Waals surface area contributed by atoms with E-state index < -0.39 is 0 Å². The molecule has 1 aromatic rings. The second kappa shape index (κ2) is 3.98. The lowest BCUT2D eigenvalue weighted by atomic mass is 10.0. The Morgan fingerprint density at radius 2 is 1.95 bits per heavy atom. The molecule has 0 spiro atoms. The third-order valence-corrected chi connectivity index (χ3v) is 5.79. The van der Waals surface area contributed by atoms with Gasteiger partial charge in [-0.1, -0.05) is 15.9 Å². The van der Waals surface area contributed by atoms with Crippen molar-refractivity contribution in [2.45, 2.75) is 25.3 Å². The first kappa shape index (κ1) is 11.8. The number of benzene rings is 1. The number of hydrogen-bond donors (Lipinski definition) is 2. The van der Waals surface area contributed by atoms with Gasteiger partial charge < -0.3 is 11.1 Å². The van der Waals surface area contributed by atoms with Crippen LogP contribution in [-0.4, -0.2) is 11.9 Å². The van der Waals surface area contributed by atoms with E-state index in [1.807, 2.05) is 6.07 Å². The predicted molar refractivity (Wildman–Crippen MR) is 77.6 cm³/mol. The van der Waals surface area contributed by atoms with Crippen LogP contribution in [0.15, 0.2) is 22.7 Å². The van der Waals surface area contributed by atoms with Gasteiger partial charge in [-0.05, 0) is 61.1 Å². The molecule has 0 aliphatic heterocycles. The Labute approximate surface area is 121 Å². The topological polar surface area (TPSA) is 55.1 Å². The van der Waals surface area contributed by atoms with Gasteiger partial charge in [-0.15, -0.1) is 0 Å². The second-order valence-corrected chi connectivity index (χ2v) is 7.13. The molecule has 0 aromatic heterocycles. The highest BCUT2D eigenvalue weighted by molar-refractivity contribution is 9.10. The third-order valence-electron chi connectivity index (χ3n) is 5.29. The summed E-state index contributed by atoms with van der Waals surface area (Å²) in [5.74, 6) is 3.25. The zero-order valence-corrected chi connectivity index (χ0v) is 12.2. The van der Waals surface area contributed by atoms with Gasteiger partial charge >= 0.3 is 0 Å². The molecule has 2 bridgehead atoms. The maximum Gasteiger partial charge on any atom is 0.253 e. The normalized spacial score (nSPS) is 38.1. The van der Waals surface area contributed by atoms with Crippen LogP contribution in [0.5, 0.6) is 0 Å². The number of nitrogen functional groups attached to an aromatic ring is 1. The quantitative estimate of drug-likeness (QED) is 0.823. The summed E-state index contributed by atoms with van der Waals surface area (Å²) >= 11 is 3.39. The van der Waals surface area contributed by atoms with Crippen LogP contribution in [-0.2, 0) is 0 Å². The first-order valence-electron chi connectivity index (χ1n) is 7.01. The van der Waals surface area contributed by atoms with E-state index in [1.54, 1.807) is 12.1 Å². The summed E-state index contributed by atoms with van der Waals surface area (Å²) in [4.78, 5) is 12.3. The lowest BCUT2D eigenvalue weighted by Crippen LogP contribution is -2.30. The number of amides is 1. The molecule has 3 aliphatic carbocycles. The van der Waals surface area contributed by atoms with Crippen LogP contribution in [0.2, 0.25) is 0 Å². The molecule has 3 nitrogen and oxygen atoms in total. The fourth-order valence-electron chi connectivity index (χ4n) is 4.47. The summed E-state index contributed by atoms with van der Waals surface area (Å²) in [7, 11) is 0. The van der Waals surface area contributed by atoms with Crippen molar-refractivity contribution in [2.75, 3.05) is 5.73 Å². The highest BCUT2D eigenvalue weighted by Gasteiger charge is 2.65. The molecule has 0 radical (unpaired) electrons. The zero-order chi connectivity index (χ0) is 13.1. The molecule has 0 saturated heterocycles. The Morgan fingerprint density at radius 1 is 1.26 bits per heavy atom. The van der Waals surface area contributed by atoms with Crippen molar-refractivity contribution in [1.82, 2.24) is 5.32 Å². The van der Waals surface area contributed by atoms with E-state index in [2.05, 4.69) is 21.2 Å². The molecule has 4 rings (SSSR count). The molecular weight excluding hydrogens is 304 g/mol. The lowest BCUT2D eigenvalue weighted by molar-refractivity contribution is 0.0945. The summed E-state index contributed by atoms with van der Waals surface area (Å²) in [6, 6.07) is 5.85. The van der Waals surface area contributed by atoms with E-state index in [-0.39, 0.29) is 5.91 Å². The van der Waals surface area contributed by atoms with Crippen molar-refractivity contribution in [3.05, 3.63) is 28.2 Å². The maximum atomic E-state index is 12.3. The molecule has 3 aliphatic rings. The third kappa shape index (κ3) is 1.72. The van der Waals surface area contributed by atoms with Gasteiger partial charge in [0, 0.05) is 16.2 Å². The molecule has 0 heterocycles. The van der Waals surface area contributed by atoms with Crippen molar-refractivity contribution in [2.24, 2.45) is 23.7 Å². The Balaban J connectivity index is 1.50. The van der Waals surface area contributed by atoms with Crippen LogP contribution in [0.4, 0.5) is 5.69 Å². The number of carbonyl (C=O) groups excluding carboxylic acids is 1. The molecule has 100 valence electrons. The number of fused-ring (bicyclic) bond motifs is 5. The number of rotatable bonds is 2. The van der Waals surface area contributed by atoms with Crippen LogP contribution >= 0.6 is 15.9 Å². The van der Waals surface area contributed by atoms with Gasteiger partial charge in [-0.25, -0.2) is 0 Å². The first-order chi connectivity index (χ1) is 9.15. The lowest BCUT2D eigenvalue weighted by Gasteiger charge is -2.12. The minimum absolute atomic E-state index is 0.0161. The van der Waals surface area contributed by atoms with Gasteiger partial charge in [0.15, 0.2) is 0 Å². The van der Waals surface area contributed by atoms with Crippen LogP contribution in [0.1, 0.15) is 29.6 Å². The summed E-state index contributed by atoms with van der Waals surface area (Å²) in [6.07, 6.45) is 4.15. The number of hydrogen-bond acceptors (Lipinski definition) is 2. The Bertz CT molecular complexity index is 543. The fraction of sp³-hybridized carbons (Fsp3) is 0.533. The number of carbonyl (C=O) groups is 1. The Hall–Kier alpha value is -1.03. The maximum absolute atomic E-state index is 12.3. The minimum atomic E-state index is -0.0161. The van der Waals surface area contributed by atoms with E-state index in [0.717, 1.165) is 28.1 Å². The van der Waals surface area contributed by atoms with Crippen molar-refractivity contribution in [3.63, 3.8) is 0 Å². The van der Waals surface area contributed by atoms with Crippen LogP contribution in [0.25, 0.3) is 0 Å². The van der Waals surface area contributed by atoms with Crippen LogP contribution in [0, 0.1) is 23.7 Å². The molecule has 3 N–H and O–H groups in total. The average molecular weight is 321 g/mol. The largest absolute Gasteiger partial charge is 0.398 e. The zero-order valence-electron chi connectivity index (χ0n) is 10.6. The van der Waals surface area contributed by atoms with Gasteiger partial charge in [0.25, 0.3) is 5.91 Å². The van der Waals surface area contributed by atoms with E-state index in [9.17, 15) is 4.79 Å². The van der Waals surface area contributed by atoms with Gasteiger partial charge in [0.1, 0.15) is 0 Å². The van der Waals surface area contributed by atoms with Crippen molar-refractivity contribution in [3.8, 4) is 0 Å². The number of anilines is 1. The molecule has 19 heavy (non-hydrogen) atoms. The molecule has 3 fully saturated rings. The molecule has 4 atom stereocenters. The Kier molecular flexibility index (Phi) is 2.47. The number of nitrogens with one attached hydrogen (secondary N) is 1. The molecule has 1 amide bonds. The van der Waals surface area contributed by atoms with Gasteiger partial charge in [-0.2, -0.15) is 0 Å². The van der Waals surface area contributed by atoms with E-state index in [0.29, 0.717) is 17.3 Å². The molecule has 4 unspecified atom stereocenters. The van der Waals surface area contributed by atoms with Gasteiger partial charge in [-0.3, -0.25) is 4.79 Å². The van der Waals surface area contributed by atoms with Gasteiger partial charge in [0.2, 0.25) is 0 Å². The smallest absolute Gasteiger partial charge is 0.253 e. The van der Waals surface area contributed by atoms with Crippen LogP contribution in [0.3, 0.4) is 0 Å². The standard InChI is InChI=1S/C15H17BrN2O/c16-9-3-4-11(17)10(6-9)15(19)18-14-12-7-1-2-8(5-7)13(12)14/h3-4,6-8,12-14H,1-2,5,17H2,(H,18,19). The fourth-order valence-corrected chi connectivity index (χ4v) is 4.83. The first-order valence-corrected chi connectivity index (χ1v) is 7.80. The molecule has 3 saturated carbocycles. The predicted octanol–water partition coefficient (Wildman–Crippen LogP) is 2.81. The van der Waals surface area contributed by atoms with Crippen molar-refractivity contribution < 1.29 is 4.79 Å². The van der Waals surface area contributed by atoms with Crippen LogP contribution < -0.4 is 11.1 Å². The monoisotopic (exact) mass is 320 g/mol. The van der Waals surface area contributed by atoms with Gasteiger partial charge in [0.05, 0.1) is 5.56 Å². The van der Waals surface area contributed by atoms with E-state index in [4.69, 9.17) is 5.73 Å². The second-order valence-electron chi connectivity index (χ2n) is 6.22. The van der Waals surface area contributed by atoms with E-state index in [1.165, 1.54) is 19.3 Å². The summed E-state index contributed by atoms with van der Waals surface area (Å²) in [5, 5.41) is 3.20. The average Bonchev–Trinajstić information content (AvgIpc) is 2.80. The number of halogens is 1. The molecule has 4 heteroatoms. The Morgan fingerprint density at radius 3 is 2.63 bits per heavy atom. The summed E-state index contributed by atoms with van der Waals surface area (Å²) < 4.78 is 0.892.